The number of carbonyl (C=O) groups is 1. The van der Waals surface area contributed by atoms with Gasteiger partial charge in [-0.15, -0.1) is 11.6 Å². The van der Waals surface area contributed by atoms with Gasteiger partial charge in [0.1, 0.15) is 5.82 Å². The lowest BCUT2D eigenvalue weighted by Gasteiger charge is -2.18. The van der Waals surface area contributed by atoms with E-state index in [0.717, 1.165) is 0 Å². The highest BCUT2D eigenvalue weighted by Crippen LogP contribution is 2.11. The zero-order valence-corrected chi connectivity index (χ0v) is 10.4. The molecule has 0 spiro atoms. The Morgan fingerprint density at radius 2 is 2.19 bits per heavy atom. The fourth-order valence-electron chi connectivity index (χ4n) is 1.46. The zero-order valence-electron chi connectivity index (χ0n) is 9.63. The van der Waals surface area contributed by atoms with Gasteiger partial charge in [-0.3, -0.25) is 4.79 Å². The number of hydrogen-bond donors (Lipinski definition) is 0. The maximum atomic E-state index is 13.0. The number of benzene rings is 1. The van der Waals surface area contributed by atoms with Crippen LogP contribution < -0.4 is 0 Å². The topological polar surface area (TPSA) is 20.3 Å². The second-order valence-electron chi connectivity index (χ2n) is 3.93. The molecule has 88 valence electrons. The maximum Gasteiger partial charge on any atom is 0.253 e. The van der Waals surface area contributed by atoms with Crippen molar-refractivity contribution >= 4 is 17.5 Å². The number of hydrogen-bond acceptors (Lipinski definition) is 1. The summed E-state index contributed by atoms with van der Waals surface area (Å²) >= 11 is 5.81. The number of halogens is 2. The number of aryl methyl sites for hydroxylation is 1. The van der Waals surface area contributed by atoms with Gasteiger partial charge in [0, 0.05) is 24.5 Å². The first-order valence-electron chi connectivity index (χ1n) is 5.07. The van der Waals surface area contributed by atoms with Crippen LogP contribution in [0.3, 0.4) is 0 Å². The van der Waals surface area contributed by atoms with Crippen molar-refractivity contribution in [2.24, 2.45) is 0 Å². The molecule has 0 saturated heterocycles. The fraction of sp³-hybridized carbons (Fsp3) is 0.417. The molecule has 0 aliphatic carbocycles. The first kappa shape index (κ1) is 13.0. The van der Waals surface area contributed by atoms with Crippen molar-refractivity contribution in [2.75, 3.05) is 13.6 Å². The Balaban J connectivity index is 2.84. The summed E-state index contributed by atoms with van der Waals surface area (Å²) in [5.41, 5.74) is 0.955. The molecule has 2 nitrogen and oxygen atoms in total. The third-order valence-electron chi connectivity index (χ3n) is 2.28. The van der Waals surface area contributed by atoms with Crippen LogP contribution >= 0.6 is 11.6 Å². The minimum absolute atomic E-state index is 0.101. The molecular formula is C12H15ClFNO. The number of nitrogens with zero attached hydrogens (tertiary/aromatic N) is 1. The minimum Gasteiger partial charge on any atom is -0.340 e. The molecule has 1 atom stereocenters. The van der Waals surface area contributed by atoms with Crippen molar-refractivity contribution in [1.29, 1.82) is 0 Å². The molecule has 16 heavy (non-hydrogen) atoms. The zero-order chi connectivity index (χ0) is 12.3. The lowest BCUT2D eigenvalue weighted by atomic mass is 10.1. The van der Waals surface area contributed by atoms with Crippen LogP contribution in [0.15, 0.2) is 18.2 Å². The highest BCUT2D eigenvalue weighted by Gasteiger charge is 2.14. The second-order valence-corrected chi connectivity index (χ2v) is 4.68. The summed E-state index contributed by atoms with van der Waals surface area (Å²) in [5, 5.41) is -0.101. The lowest BCUT2D eigenvalue weighted by Crippen LogP contribution is -2.31. The van der Waals surface area contributed by atoms with Gasteiger partial charge in [0.15, 0.2) is 0 Å². The molecule has 0 aromatic heterocycles. The van der Waals surface area contributed by atoms with E-state index in [9.17, 15) is 9.18 Å². The van der Waals surface area contributed by atoms with Crippen LogP contribution in [0.4, 0.5) is 4.39 Å². The third-order valence-corrected chi connectivity index (χ3v) is 2.42. The molecule has 0 radical (unpaired) electrons. The van der Waals surface area contributed by atoms with E-state index >= 15 is 0 Å². The Morgan fingerprint density at radius 1 is 1.56 bits per heavy atom. The van der Waals surface area contributed by atoms with Gasteiger partial charge in [0.25, 0.3) is 5.91 Å². The largest absolute Gasteiger partial charge is 0.340 e. The Morgan fingerprint density at radius 3 is 2.69 bits per heavy atom. The van der Waals surface area contributed by atoms with E-state index in [2.05, 4.69) is 0 Å². The quantitative estimate of drug-likeness (QED) is 0.748. The number of rotatable bonds is 3. The Bertz CT molecular complexity index is 393. The van der Waals surface area contributed by atoms with Gasteiger partial charge in [-0.2, -0.15) is 0 Å². The summed E-state index contributed by atoms with van der Waals surface area (Å²) in [6, 6.07) is 4.34. The number of amides is 1. The van der Waals surface area contributed by atoms with E-state index in [1.54, 1.807) is 20.0 Å². The van der Waals surface area contributed by atoms with Gasteiger partial charge in [0.2, 0.25) is 0 Å². The van der Waals surface area contributed by atoms with E-state index in [4.69, 9.17) is 11.6 Å². The van der Waals surface area contributed by atoms with E-state index in [-0.39, 0.29) is 17.1 Å². The van der Waals surface area contributed by atoms with Crippen molar-refractivity contribution < 1.29 is 9.18 Å². The van der Waals surface area contributed by atoms with Gasteiger partial charge < -0.3 is 4.90 Å². The predicted molar refractivity (Wildman–Crippen MR) is 63.4 cm³/mol. The van der Waals surface area contributed by atoms with Gasteiger partial charge in [-0.25, -0.2) is 4.39 Å². The summed E-state index contributed by atoms with van der Waals surface area (Å²) in [6.45, 7) is 3.92. The van der Waals surface area contributed by atoms with Gasteiger partial charge in [-0.05, 0) is 37.6 Å². The molecular weight excluding hydrogens is 229 g/mol. The van der Waals surface area contributed by atoms with Crippen LogP contribution in [0.5, 0.6) is 0 Å². The van der Waals surface area contributed by atoms with Crippen molar-refractivity contribution in [2.45, 2.75) is 19.2 Å². The van der Waals surface area contributed by atoms with Crippen LogP contribution in [0, 0.1) is 12.7 Å². The van der Waals surface area contributed by atoms with Crippen LogP contribution in [-0.4, -0.2) is 29.8 Å². The molecule has 0 bridgehead atoms. The van der Waals surface area contributed by atoms with E-state index in [1.807, 2.05) is 6.92 Å². The molecule has 0 N–H and O–H groups in total. The van der Waals surface area contributed by atoms with Gasteiger partial charge in [-0.1, -0.05) is 0 Å². The SMILES string of the molecule is Cc1cc(C(=O)N(C)CC(C)Cl)ccc1F. The molecule has 0 saturated carbocycles. The lowest BCUT2D eigenvalue weighted by molar-refractivity contribution is 0.0796. The average Bonchev–Trinajstić information content (AvgIpc) is 2.20. The number of carbonyl (C=O) groups excluding carboxylic acids is 1. The van der Waals surface area contributed by atoms with Crippen LogP contribution in [0.1, 0.15) is 22.8 Å². The predicted octanol–water partition coefficient (Wildman–Crippen LogP) is 2.83. The van der Waals surface area contributed by atoms with Crippen LogP contribution in [0.25, 0.3) is 0 Å². The highest BCUT2D eigenvalue weighted by atomic mass is 35.5. The standard InChI is InChI=1S/C12H15ClFNO/c1-8-6-10(4-5-11(8)14)12(16)15(3)7-9(2)13/h4-6,9H,7H2,1-3H3. The van der Waals surface area contributed by atoms with Crippen molar-refractivity contribution in [3.63, 3.8) is 0 Å². The van der Waals surface area contributed by atoms with Crippen molar-refractivity contribution in [3.05, 3.63) is 35.1 Å². The fourth-order valence-corrected chi connectivity index (χ4v) is 1.67. The minimum atomic E-state index is -0.301. The Kier molecular flexibility index (Phi) is 4.30. The van der Waals surface area contributed by atoms with E-state index < -0.39 is 0 Å². The van der Waals surface area contributed by atoms with Crippen molar-refractivity contribution in [1.82, 2.24) is 4.90 Å². The van der Waals surface area contributed by atoms with E-state index in [1.165, 1.54) is 17.0 Å². The first-order valence-corrected chi connectivity index (χ1v) is 5.51. The average molecular weight is 244 g/mol. The summed E-state index contributed by atoms with van der Waals surface area (Å²) < 4.78 is 13.0. The Labute approximate surface area is 100 Å². The van der Waals surface area contributed by atoms with Crippen LogP contribution in [-0.2, 0) is 0 Å². The third kappa shape index (κ3) is 3.20. The van der Waals surface area contributed by atoms with Gasteiger partial charge >= 0.3 is 0 Å². The van der Waals surface area contributed by atoms with Crippen molar-refractivity contribution in [3.8, 4) is 0 Å². The number of alkyl halides is 1. The highest BCUT2D eigenvalue weighted by molar-refractivity contribution is 6.20. The molecule has 1 aromatic rings. The molecule has 1 amide bonds. The molecule has 0 aliphatic heterocycles. The monoisotopic (exact) mass is 243 g/mol. The molecule has 1 rings (SSSR count). The van der Waals surface area contributed by atoms with E-state index in [0.29, 0.717) is 17.7 Å². The van der Waals surface area contributed by atoms with Gasteiger partial charge in [0.05, 0.1) is 0 Å². The molecule has 4 heteroatoms. The Hall–Kier alpha value is -1.09. The first-order chi connectivity index (χ1) is 7.41. The summed E-state index contributed by atoms with van der Waals surface area (Å²) in [7, 11) is 1.68. The summed E-state index contributed by atoms with van der Waals surface area (Å²) in [5.74, 6) is -0.444. The molecule has 0 aliphatic rings. The normalized spacial score (nSPS) is 12.3. The van der Waals surface area contributed by atoms with Crippen LogP contribution in [0.2, 0.25) is 0 Å². The summed E-state index contributed by atoms with van der Waals surface area (Å²) in [4.78, 5) is 13.4. The summed E-state index contributed by atoms with van der Waals surface area (Å²) in [6.07, 6.45) is 0. The smallest absolute Gasteiger partial charge is 0.253 e. The molecule has 0 fully saturated rings. The maximum absolute atomic E-state index is 13.0. The molecule has 1 unspecified atom stereocenters. The molecule has 1 aromatic carbocycles. The molecule has 0 heterocycles. The second kappa shape index (κ2) is 5.30.